The minimum atomic E-state index is -4.27. The average Bonchev–Trinajstić information content (AvgIpc) is 3.49. The first kappa shape index (κ1) is 18.2. The molecule has 0 radical (unpaired) electrons. The molecule has 144 valence electrons. The van der Waals surface area contributed by atoms with Gasteiger partial charge in [0.15, 0.2) is 0 Å². The van der Waals surface area contributed by atoms with Crippen LogP contribution in [0.25, 0.3) is 0 Å². The molecule has 0 amide bonds. The Morgan fingerprint density at radius 1 is 1.00 bits per heavy atom. The van der Waals surface area contributed by atoms with E-state index in [-0.39, 0.29) is 0 Å². The second kappa shape index (κ2) is 7.46. The Bertz CT molecular complexity index is 764. The van der Waals surface area contributed by atoms with Gasteiger partial charge in [-0.1, -0.05) is 12.1 Å². The molecule has 0 spiro atoms. The van der Waals surface area contributed by atoms with Gasteiger partial charge in [-0.2, -0.15) is 13.2 Å². The van der Waals surface area contributed by atoms with E-state index in [2.05, 4.69) is 20.2 Å². The van der Waals surface area contributed by atoms with E-state index < -0.39 is 11.7 Å². The number of benzene rings is 1. The lowest BCUT2D eigenvalue weighted by Crippen LogP contribution is -2.38. The van der Waals surface area contributed by atoms with E-state index in [1.54, 1.807) is 12.1 Å². The first-order chi connectivity index (χ1) is 13.0. The number of hydrogen-bond donors (Lipinski definition) is 1. The van der Waals surface area contributed by atoms with Crippen molar-refractivity contribution in [2.24, 2.45) is 0 Å². The largest absolute Gasteiger partial charge is 0.416 e. The normalized spacial score (nSPS) is 19.2. The molecule has 1 aliphatic heterocycles. The number of aromatic nitrogens is 2. The van der Waals surface area contributed by atoms with Crippen LogP contribution in [0.2, 0.25) is 0 Å². The van der Waals surface area contributed by atoms with Crippen LogP contribution in [0, 0.1) is 0 Å². The summed E-state index contributed by atoms with van der Waals surface area (Å²) in [5, 5.41) is 3.51. The van der Waals surface area contributed by atoms with Gasteiger partial charge in [-0.15, -0.1) is 0 Å². The summed E-state index contributed by atoms with van der Waals surface area (Å²) in [4.78, 5) is 11.2. The summed E-state index contributed by atoms with van der Waals surface area (Å²) in [5.74, 6) is 2.38. The first-order valence-corrected chi connectivity index (χ1v) is 9.45. The highest BCUT2D eigenvalue weighted by atomic mass is 19.4. The van der Waals surface area contributed by atoms with Gasteiger partial charge in [0.25, 0.3) is 0 Å². The molecule has 2 aliphatic rings. The maximum atomic E-state index is 12.6. The summed E-state index contributed by atoms with van der Waals surface area (Å²) in [6.45, 7) is 2.52. The third-order valence-electron chi connectivity index (χ3n) is 5.24. The predicted molar refractivity (Wildman–Crippen MR) is 97.4 cm³/mol. The van der Waals surface area contributed by atoms with Crippen molar-refractivity contribution in [1.29, 1.82) is 0 Å². The zero-order chi connectivity index (χ0) is 18.9. The standard InChI is InChI=1S/C20H23F3N4/c21-20(22,23)16-5-1-14(2-6-16)13-27-11-8-17(9-12-27)25-18-7-10-24-19(26-18)15-3-4-15/h1-2,5-7,10,15,17H,3-4,8-9,11-13H2,(H,24,25,26). The third kappa shape index (κ3) is 4.77. The van der Waals surface area contributed by atoms with E-state index in [1.807, 2.05) is 12.3 Å². The summed E-state index contributed by atoms with van der Waals surface area (Å²) in [5.41, 5.74) is 0.323. The number of nitrogens with one attached hydrogen (secondary N) is 1. The molecule has 4 nitrogen and oxygen atoms in total. The molecule has 0 unspecified atom stereocenters. The molecule has 0 bridgehead atoms. The number of nitrogens with zero attached hydrogens (tertiary/aromatic N) is 3. The predicted octanol–water partition coefficient (Wildman–Crippen LogP) is 4.45. The second-order valence-corrected chi connectivity index (χ2v) is 7.46. The second-order valence-electron chi connectivity index (χ2n) is 7.46. The van der Waals surface area contributed by atoms with Crippen molar-refractivity contribution < 1.29 is 13.2 Å². The Kier molecular flexibility index (Phi) is 5.04. The first-order valence-electron chi connectivity index (χ1n) is 9.45. The van der Waals surface area contributed by atoms with Gasteiger partial charge >= 0.3 is 6.18 Å². The van der Waals surface area contributed by atoms with Crippen molar-refractivity contribution in [3.63, 3.8) is 0 Å². The molecular weight excluding hydrogens is 353 g/mol. The van der Waals surface area contributed by atoms with E-state index in [1.165, 1.54) is 12.8 Å². The molecule has 1 aromatic carbocycles. The van der Waals surface area contributed by atoms with Crippen LogP contribution in [0.4, 0.5) is 19.0 Å². The van der Waals surface area contributed by atoms with E-state index in [0.29, 0.717) is 18.5 Å². The number of rotatable bonds is 5. The van der Waals surface area contributed by atoms with Crippen molar-refractivity contribution in [2.75, 3.05) is 18.4 Å². The van der Waals surface area contributed by atoms with E-state index >= 15 is 0 Å². The summed E-state index contributed by atoms with van der Waals surface area (Å²) < 4.78 is 37.9. The molecular formula is C20H23F3N4. The summed E-state index contributed by atoms with van der Waals surface area (Å²) in [6, 6.07) is 7.77. The lowest BCUT2D eigenvalue weighted by Gasteiger charge is -2.32. The van der Waals surface area contributed by atoms with Crippen molar-refractivity contribution in [3.05, 3.63) is 53.5 Å². The number of piperidine rings is 1. The smallest absolute Gasteiger partial charge is 0.367 e. The summed E-state index contributed by atoms with van der Waals surface area (Å²) in [6.07, 6.45) is 1.90. The molecule has 1 saturated carbocycles. The summed E-state index contributed by atoms with van der Waals surface area (Å²) >= 11 is 0. The Morgan fingerprint density at radius 2 is 1.70 bits per heavy atom. The van der Waals surface area contributed by atoms with Crippen molar-refractivity contribution in [3.8, 4) is 0 Å². The third-order valence-corrected chi connectivity index (χ3v) is 5.24. The van der Waals surface area contributed by atoms with Gasteiger partial charge in [-0.3, -0.25) is 4.90 Å². The highest BCUT2D eigenvalue weighted by Gasteiger charge is 2.30. The lowest BCUT2D eigenvalue weighted by atomic mass is 10.0. The van der Waals surface area contributed by atoms with Crippen LogP contribution in [-0.2, 0) is 12.7 Å². The summed E-state index contributed by atoms with van der Waals surface area (Å²) in [7, 11) is 0. The van der Waals surface area contributed by atoms with Crippen LogP contribution < -0.4 is 5.32 Å². The Hall–Kier alpha value is -2.15. The topological polar surface area (TPSA) is 41.0 Å². The highest BCUT2D eigenvalue weighted by Crippen LogP contribution is 2.38. The minimum Gasteiger partial charge on any atom is -0.367 e. The monoisotopic (exact) mass is 376 g/mol. The maximum Gasteiger partial charge on any atom is 0.416 e. The van der Waals surface area contributed by atoms with E-state index in [0.717, 1.165) is 55.3 Å². The van der Waals surface area contributed by atoms with Gasteiger partial charge in [-0.25, -0.2) is 9.97 Å². The SMILES string of the molecule is FC(F)(F)c1ccc(CN2CCC(Nc3ccnc(C4CC4)n3)CC2)cc1. The quantitative estimate of drug-likeness (QED) is 0.837. The molecule has 7 heteroatoms. The molecule has 2 heterocycles. The van der Waals surface area contributed by atoms with Gasteiger partial charge in [0.2, 0.25) is 0 Å². The Morgan fingerprint density at radius 3 is 2.33 bits per heavy atom. The molecule has 1 aliphatic carbocycles. The van der Waals surface area contributed by atoms with Crippen LogP contribution in [-0.4, -0.2) is 34.0 Å². The van der Waals surface area contributed by atoms with Crippen LogP contribution >= 0.6 is 0 Å². The fourth-order valence-corrected chi connectivity index (χ4v) is 3.49. The van der Waals surface area contributed by atoms with Gasteiger partial charge in [0.1, 0.15) is 11.6 Å². The molecule has 2 aromatic rings. The number of hydrogen-bond acceptors (Lipinski definition) is 4. The average molecular weight is 376 g/mol. The van der Waals surface area contributed by atoms with Gasteiger partial charge < -0.3 is 5.32 Å². The number of anilines is 1. The van der Waals surface area contributed by atoms with E-state index in [9.17, 15) is 13.2 Å². The molecule has 1 N–H and O–H groups in total. The fourth-order valence-electron chi connectivity index (χ4n) is 3.49. The van der Waals surface area contributed by atoms with Gasteiger partial charge in [0.05, 0.1) is 5.56 Å². The zero-order valence-corrected chi connectivity index (χ0v) is 15.0. The van der Waals surface area contributed by atoms with Crippen LogP contribution in [0.5, 0.6) is 0 Å². The molecule has 1 saturated heterocycles. The molecule has 4 rings (SSSR count). The van der Waals surface area contributed by atoms with Crippen LogP contribution in [0.1, 0.15) is 48.6 Å². The molecule has 2 fully saturated rings. The van der Waals surface area contributed by atoms with Crippen LogP contribution in [0.3, 0.4) is 0 Å². The van der Waals surface area contributed by atoms with Crippen LogP contribution in [0.15, 0.2) is 36.5 Å². The number of halogens is 3. The van der Waals surface area contributed by atoms with Gasteiger partial charge in [-0.05, 0) is 49.4 Å². The van der Waals surface area contributed by atoms with Crippen molar-refractivity contribution in [2.45, 2.75) is 50.4 Å². The number of alkyl halides is 3. The number of likely N-dealkylation sites (tertiary alicyclic amines) is 1. The van der Waals surface area contributed by atoms with Gasteiger partial charge in [0, 0.05) is 37.8 Å². The molecule has 27 heavy (non-hydrogen) atoms. The lowest BCUT2D eigenvalue weighted by molar-refractivity contribution is -0.137. The van der Waals surface area contributed by atoms with Crippen molar-refractivity contribution >= 4 is 5.82 Å². The highest BCUT2D eigenvalue weighted by molar-refractivity contribution is 5.35. The fraction of sp³-hybridized carbons (Fsp3) is 0.500. The Balaban J connectivity index is 1.27. The Labute approximate surface area is 156 Å². The molecule has 0 atom stereocenters. The van der Waals surface area contributed by atoms with E-state index in [4.69, 9.17) is 0 Å². The maximum absolute atomic E-state index is 12.6. The minimum absolute atomic E-state index is 0.371. The zero-order valence-electron chi connectivity index (χ0n) is 15.0. The van der Waals surface area contributed by atoms with Crippen molar-refractivity contribution in [1.82, 2.24) is 14.9 Å². The molecule has 1 aromatic heterocycles.